The van der Waals surface area contributed by atoms with Gasteiger partial charge in [0.25, 0.3) is 5.91 Å². The first-order valence-corrected chi connectivity index (χ1v) is 10.1. The van der Waals surface area contributed by atoms with E-state index in [9.17, 15) is 18.4 Å². The lowest BCUT2D eigenvalue weighted by molar-refractivity contribution is -0.122. The molecule has 8 nitrogen and oxygen atoms in total. The Morgan fingerprint density at radius 2 is 2.06 bits per heavy atom. The molecular formula is C20H17F2N5O3S. The van der Waals surface area contributed by atoms with E-state index in [1.165, 1.54) is 12.0 Å². The van der Waals surface area contributed by atoms with Gasteiger partial charge in [0.2, 0.25) is 12.1 Å². The molecule has 1 unspecified atom stereocenters. The number of para-hydroxylation sites is 2. The summed E-state index contributed by atoms with van der Waals surface area (Å²) in [4.78, 5) is 28.2. The summed E-state index contributed by atoms with van der Waals surface area (Å²) in [5.74, 6) is -1.90. The number of nitrogens with one attached hydrogen (secondary N) is 2. The highest BCUT2D eigenvalue weighted by Gasteiger charge is 2.39. The Labute approximate surface area is 180 Å². The Bertz CT molecular complexity index is 1090. The molecule has 2 aliphatic rings. The number of ether oxygens (including phenoxy) is 1. The number of halogens is 2. The molecule has 2 N–H and O–H groups in total. The Kier molecular flexibility index (Phi) is 5.76. The van der Waals surface area contributed by atoms with E-state index in [-0.39, 0.29) is 17.3 Å². The van der Waals surface area contributed by atoms with Crippen LogP contribution in [0.25, 0.3) is 0 Å². The highest BCUT2D eigenvalue weighted by molar-refractivity contribution is 8.14. The number of fused-ring (bicyclic) bond motifs is 1. The lowest BCUT2D eigenvalue weighted by atomic mass is 10.2. The van der Waals surface area contributed by atoms with Gasteiger partial charge < -0.3 is 10.1 Å². The smallest absolute Gasteiger partial charge is 0.276 e. The molecule has 11 heteroatoms. The number of methoxy groups -OCH3 is 1. The van der Waals surface area contributed by atoms with Gasteiger partial charge in [0.1, 0.15) is 17.4 Å². The van der Waals surface area contributed by atoms with Crippen molar-refractivity contribution in [3.05, 3.63) is 66.5 Å². The van der Waals surface area contributed by atoms with Crippen LogP contribution in [0.15, 0.2) is 60.0 Å². The first kappa shape index (κ1) is 20.7. The third-order valence-electron chi connectivity index (χ3n) is 4.51. The van der Waals surface area contributed by atoms with Gasteiger partial charge in [-0.15, -0.1) is 0 Å². The van der Waals surface area contributed by atoms with Crippen molar-refractivity contribution in [2.45, 2.75) is 6.17 Å². The summed E-state index contributed by atoms with van der Waals surface area (Å²) < 4.78 is 32.0. The average Bonchev–Trinajstić information content (AvgIpc) is 3.18. The number of carbonyl (C=O) groups excluding carboxylic acids is 2. The molecule has 1 atom stereocenters. The van der Waals surface area contributed by atoms with Crippen molar-refractivity contribution in [3.8, 4) is 5.75 Å². The number of amidine groups is 1. The van der Waals surface area contributed by atoms with E-state index in [0.29, 0.717) is 22.7 Å². The van der Waals surface area contributed by atoms with Crippen molar-refractivity contribution in [2.24, 2.45) is 5.10 Å². The quantitative estimate of drug-likeness (QED) is 0.736. The summed E-state index contributed by atoms with van der Waals surface area (Å²) in [5.41, 5.74) is 3.24. The van der Waals surface area contributed by atoms with Crippen LogP contribution < -0.4 is 20.4 Å². The van der Waals surface area contributed by atoms with Gasteiger partial charge in [0.05, 0.1) is 24.2 Å². The normalized spacial score (nSPS) is 17.2. The third-order valence-corrected chi connectivity index (χ3v) is 5.48. The summed E-state index contributed by atoms with van der Waals surface area (Å²) in [6.07, 6.45) is 2.49. The zero-order valence-electron chi connectivity index (χ0n) is 16.2. The van der Waals surface area contributed by atoms with E-state index < -0.39 is 23.7 Å². The summed E-state index contributed by atoms with van der Waals surface area (Å²) in [5, 5.41) is 6.92. The fraction of sp³-hybridized carbons (Fsp3) is 0.150. The minimum atomic E-state index is -0.862. The van der Waals surface area contributed by atoms with Gasteiger partial charge in [-0.05, 0) is 24.3 Å². The SMILES string of the molecule is COc1ccccc1N1C=CN2C(SCC(=O)Nc3ccc(F)cc3F)=NNC2C1=O. The number of amides is 2. The van der Waals surface area contributed by atoms with E-state index in [1.54, 1.807) is 41.6 Å². The minimum absolute atomic E-state index is 0.0845. The molecule has 0 spiro atoms. The van der Waals surface area contributed by atoms with E-state index in [0.717, 1.165) is 23.9 Å². The molecule has 2 aromatic carbocycles. The van der Waals surface area contributed by atoms with Crippen molar-refractivity contribution < 1.29 is 23.1 Å². The van der Waals surface area contributed by atoms with Crippen molar-refractivity contribution in [1.82, 2.24) is 10.3 Å². The van der Waals surface area contributed by atoms with Gasteiger partial charge in [0.15, 0.2) is 5.17 Å². The number of benzene rings is 2. The molecule has 0 radical (unpaired) electrons. The predicted octanol–water partition coefficient (Wildman–Crippen LogP) is 2.67. The van der Waals surface area contributed by atoms with E-state index in [2.05, 4.69) is 15.8 Å². The zero-order valence-corrected chi connectivity index (χ0v) is 17.0. The van der Waals surface area contributed by atoms with Crippen molar-refractivity contribution in [3.63, 3.8) is 0 Å². The summed E-state index contributed by atoms with van der Waals surface area (Å²) >= 11 is 1.07. The van der Waals surface area contributed by atoms with Crippen LogP contribution in [0.1, 0.15) is 0 Å². The second-order valence-corrected chi connectivity index (χ2v) is 7.42. The van der Waals surface area contributed by atoms with Crippen LogP contribution in [-0.4, -0.2) is 40.9 Å². The van der Waals surface area contributed by atoms with Crippen LogP contribution in [0.2, 0.25) is 0 Å². The van der Waals surface area contributed by atoms with E-state index >= 15 is 0 Å². The number of thioether (sulfide) groups is 1. The highest BCUT2D eigenvalue weighted by Crippen LogP contribution is 2.32. The summed E-state index contributed by atoms with van der Waals surface area (Å²) in [6, 6.07) is 10.0. The van der Waals surface area contributed by atoms with Crippen LogP contribution >= 0.6 is 11.8 Å². The van der Waals surface area contributed by atoms with E-state index in [4.69, 9.17) is 4.74 Å². The molecule has 0 aliphatic carbocycles. The molecule has 0 aromatic heterocycles. The van der Waals surface area contributed by atoms with Crippen LogP contribution in [0.4, 0.5) is 20.2 Å². The minimum Gasteiger partial charge on any atom is -0.495 e. The van der Waals surface area contributed by atoms with Crippen LogP contribution in [-0.2, 0) is 9.59 Å². The van der Waals surface area contributed by atoms with Crippen LogP contribution in [0, 0.1) is 11.6 Å². The van der Waals surface area contributed by atoms with Gasteiger partial charge in [-0.3, -0.25) is 24.8 Å². The molecule has 0 saturated heterocycles. The Hall–Kier alpha value is -3.60. The van der Waals surface area contributed by atoms with Crippen LogP contribution in [0.3, 0.4) is 0 Å². The van der Waals surface area contributed by atoms with Crippen LogP contribution in [0.5, 0.6) is 5.75 Å². The monoisotopic (exact) mass is 445 g/mol. The molecular weight excluding hydrogens is 428 g/mol. The average molecular weight is 445 g/mol. The molecule has 160 valence electrons. The second kappa shape index (κ2) is 8.64. The molecule has 0 bridgehead atoms. The number of anilines is 2. The molecule has 0 saturated carbocycles. The summed E-state index contributed by atoms with van der Waals surface area (Å²) in [7, 11) is 1.53. The van der Waals surface area contributed by atoms with Gasteiger partial charge >= 0.3 is 0 Å². The number of carbonyl (C=O) groups is 2. The highest BCUT2D eigenvalue weighted by atomic mass is 32.2. The maximum Gasteiger partial charge on any atom is 0.276 e. The number of nitrogens with zero attached hydrogens (tertiary/aromatic N) is 3. The van der Waals surface area contributed by atoms with Gasteiger partial charge in [0, 0.05) is 18.5 Å². The number of rotatable bonds is 5. The Morgan fingerprint density at radius 3 is 2.84 bits per heavy atom. The second-order valence-electron chi connectivity index (χ2n) is 6.47. The lowest BCUT2D eigenvalue weighted by Crippen LogP contribution is -2.52. The van der Waals surface area contributed by atoms with Crippen molar-refractivity contribution >= 4 is 40.1 Å². The maximum absolute atomic E-state index is 13.7. The van der Waals surface area contributed by atoms with Gasteiger partial charge in [-0.25, -0.2) is 8.78 Å². The fourth-order valence-corrected chi connectivity index (χ4v) is 3.82. The van der Waals surface area contributed by atoms with Gasteiger partial charge in [-0.1, -0.05) is 23.9 Å². The molecule has 2 aromatic rings. The standard InChI is InChI=1S/C20H17F2N5O3S/c1-30-16-5-3-2-4-15(16)26-8-9-27-18(19(26)29)24-25-20(27)31-11-17(28)23-14-7-6-12(21)10-13(14)22/h2-10,18,24H,11H2,1H3,(H,23,28). The summed E-state index contributed by atoms with van der Waals surface area (Å²) in [6.45, 7) is 0. The first-order chi connectivity index (χ1) is 15.0. The Morgan fingerprint density at radius 1 is 1.26 bits per heavy atom. The molecule has 2 aliphatic heterocycles. The molecule has 2 amide bonds. The molecule has 4 rings (SSSR count). The predicted molar refractivity (Wildman–Crippen MR) is 113 cm³/mol. The Balaban J connectivity index is 1.40. The van der Waals surface area contributed by atoms with Crippen molar-refractivity contribution in [2.75, 3.05) is 23.1 Å². The number of hydrazone groups is 1. The van der Waals surface area contributed by atoms with Gasteiger partial charge in [-0.2, -0.15) is 5.10 Å². The molecule has 0 fully saturated rings. The molecule has 31 heavy (non-hydrogen) atoms. The largest absolute Gasteiger partial charge is 0.495 e. The van der Waals surface area contributed by atoms with Crippen molar-refractivity contribution in [1.29, 1.82) is 0 Å². The fourth-order valence-electron chi connectivity index (χ4n) is 3.06. The number of hydrogen-bond donors (Lipinski definition) is 2. The first-order valence-electron chi connectivity index (χ1n) is 9.11. The lowest BCUT2D eigenvalue weighted by Gasteiger charge is -2.32. The number of hydrogen-bond acceptors (Lipinski definition) is 7. The topological polar surface area (TPSA) is 86.3 Å². The zero-order chi connectivity index (χ0) is 22.0. The molecule has 2 heterocycles. The van der Waals surface area contributed by atoms with E-state index in [1.807, 2.05) is 0 Å². The third kappa shape index (κ3) is 4.17. The maximum atomic E-state index is 13.7.